The normalized spacial score (nSPS) is 15.3. The number of aromatic nitrogens is 1. The van der Waals surface area contributed by atoms with Crippen molar-refractivity contribution in [3.8, 4) is 0 Å². The van der Waals surface area contributed by atoms with Gasteiger partial charge in [0.05, 0.1) is 29.5 Å². The molecule has 0 aliphatic carbocycles. The zero-order chi connectivity index (χ0) is 26.5. The van der Waals surface area contributed by atoms with E-state index in [2.05, 4.69) is 20.5 Å². The number of amides is 2. The highest BCUT2D eigenvalue weighted by atomic mass is 35.5. The van der Waals surface area contributed by atoms with Crippen LogP contribution in [0.2, 0.25) is 5.02 Å². The zero-order valence-corrected chi connectivity index (χ0v) is 21.6. The van der Waals surface area contributed by atoms with E-state index in [1.54, 1.807) is 48.5 Å². The van der Waals surface area contributed by atoms with Crippen LogP contribution in [0, 0.1) is 5.41 Å². The minimum atomic E-state index is -0.403. The molecule has 5 rings (SSSR count). The Kier molecular flexibility index (Phi) is 7.86. The molecule has 2 fully saturated rings. The Balaban J connectivity index is 1.36. The second kappa shape index (κ2) is 11.6. The molecule has 2 aliphatic heterocycles. The molecule has 2 aromatic carbocycles. The van der Waals surface area contributed by atoms with E-state index in [0.29, 0.717) is 59.8 Å². The van der Waals surface area contributed by atoms with Crippen molar-refractivity contribution in [2.45, 2.75) is 12.8 Å². The number of ether oxygens (including phenoxy) is 1. The number of hydrogen-bond donors (Lipinski definition) is 3. The largest absolute Gasteiger partial charge is 0.378 e. The molecule has 3 heterocycles. The molecule has 0 radical (unpaired) electrons. The van der Waals surface area contributed by atoms with Crippen LogP contribution in [-0.2, 0) is 4.74 Å². The second-order valence-corrected chi connectivity index (χ2v) is 9.66. The molecular weight excluding hydrogens is 504 g/mol. The van der Waals surface area contributed by atoms with Gasteiger partial charge in [-0.25, -0.2) is 4.98 Å². The first kappa shape index (κ1) is 25.7. The van der Waals surface area contributed by atoms with Crippen molar-refractivity contribution in [3.05, 3.63) is 82.5 Å². The molecule has 0 bridgehead atoms. The lowest BCUT2D eigenvalue weighted by molar-refractivity contribution is 0.102. The van der Waals surface area contributed by atoms with Crippen molar-refractivity contribution in [2.24, 2.45) is 0 Å². The average molecular weight is 533 g/mol. The van der Waals surface area contributed by atoms with Crippen LogP contribution in [0.25, 0.3) is 0 Å². The third-order valence-electron chi connectivity index (χ3n) is 6.68. The maximum Gasteiger partial charge on any atom is 0.259 e. The van der Waals surface area contributed by atoms with Gasteiger partial charge < -0.3 is 25.2 Å². The van der Waals surface area contributed by atoms with Crippen molar-refractivity contribution in [1.29, 1.82) is 5.41 Å². The van der Waals surface area contributed by atoms with Gasteiger partial charge >= 0.3 is 0 Å². The first-order valence-electron chi connectivity index (χ1n) is 12.6. The topological polar surface area (TPSA) is 111 Å². The fraction of sp³-hybridized carbons (Fsp3) is 0.286. The summed E-state index contributed by atoms with van der Waals surface area (Å²) in [5, 5.41) is 14.6. The number of carbonyl (C=O) groups excluding carboxylic acids is 2. The Morgan fingerprint density at radius 2 is 1.58 bits per heavy atom. The molecule has 2 amide bonds. The van der Waals surface area contributed by atoms with Gasteiger partial charge in [-0.3, -0.25) is 15.0 Å². The van der Waals surface area contributed by atoms with Crippen molar-refractivity contribution in [2.75, 3.05) is 54.9 Å². The number of nitrogens with zero attached hydrogens (tertiary/aromatic N) is 3. The summed E-state index contributed by atoms with van der Waals surface area (Å²) in [5.74, 6) is 0.0779. The summed E-state index contributed by atoms with van der Waals surface area (Å²) < 4.78 is 5.45. The number of anilines is 3. The van der Waals surface area contributed by atoms with E-state index < -0.39 is 5.91 Å². The quantitative estimate of drug-likeness (QED) is 0.318. The van der Waals surface area contributed by atoms with Crippen LogP contribution in [0.4, 0.5) is 17.2 Å². The molecule has 10 heteroatoms. The Bertz CT molecular complexity index is 1320. The number of benzene rings is 2. The summed E-state index contributed by atoms with van der Waals surface area (Å²) in [6.07, 6.45) is 3.64. The van der Waals surface area contributed by atoms with Gasteiger partial charge in [0.1, 0.15) is 11.7 Å². The molecule has 9 nitrogen and oxygen atoms in total. The highest BCUT2D eigenvalue weighted by Gasteiger charge is 2.20. The second-order valence-electron chi connectivity index (χ2n) is 9.22. The van der Waals surface area contributed by atoms with Gasteiger partial charge in [0.2, 0.25) is 0 Å². The molecule has 3 aromatic rings. The van der Waals surface area contributed by atoms with Gasteiger partial charge in [-0.15, -0.1) is 0 Å². The Morgan fingerprint density at radius 1 is 0.868 bits per heavy atom. The number of morpholine rings is 1. The van der Waals surface area contributed by atoms with Crippen LogP contribution in [0.15, 0.2) is 60.8 Å². The zero-order valence-electron chi connectivity index (χ0n) is 20.9. The van der Waals surface area contributed by atoms with Gasteiger partial charge in [0.15, 0.2) is 0 Å². The van der Waals surface area contributed by atoms with Gasteiger partial charge in [-0.1, -0.05) is 23.7 Å². The summed E-state index contributed by atoms with van der Waals surface area (Å²) in [6, 6.07) is 15.6. The fourth-order valence-corrected chi connectivity index (χ4v) is 4.69. The number of hydrogen-bond acceptors (Lipinski definition) is 6. The number of likely N-dealkylation sites (tertiary alicyclic amines) is 1. The smallest absolute Gasteiger partial charge is 0.259 e. The molecule has 0 unspecified atom stereocenters. The van der Waals surface area contributed by atoms with Crippen molar-refractivity contribution in [1.82, 2.24) is 9.88 Å². The van der Waals surface area contributed by atoms with Crippen molar-refractivity contribution >= 4 is 46.4 Å². The predicted molar refractivity (Wildman–Crippen MR) is 149 cm³/mol. The third kappa shape index (κ3) is 5.95. The van der Waals surface area contributed by atoms with E-state index in [-0.39, 0.29) is 5.91 Å². The van der Waals surface area contributed by atoms with Crippen molar-refractivity contribution < 1.29 is 14.3 Å². The SMILES string of the molecule is N=C(c1ccc(C(=O)Nc2ccc(N3CCOCC3)cc2C(=O)Nc2ccc(Cl)cn2)cc1)N1CCCC1. The number of pyridine rings is 1. The van der Waals surface area contributed by atoms with Crippen molar-refractivity contribution in [3.63, 3.8) is 0 Å². The third-order valence-corrected chi connectivity index (χ3v) is 6.91. The highest BCUT2D eigenvalue weighted by Crippen LogP contribution is 2.26. The molecule has 3 N–H and O–H groups in total. The number of rotatable bonds is 6. The van der Waals surface area contributed by atoms with Crippen LogP contribution >= 0.6 is 11.6 Å². The lowest BCUT2D eigenvalue weighted by Crippen LogP contribution is -2.36. The lowest BCUT2D eigenvalue weighted by Gasteiger charge is -2.29. The van der Waals surface area contributed by atoms with Crippen LogP contribution in [0.5, 0.6) is 0 Å². The summed E-state index contributed by atoms with van der Waals surface area (Å²) in [5.41, 5.74) is 2.77. The van der Waals surface area contributed by atoms with Crippen LogP contribution in [-0.4, -0.2) is 66.9 Å². The molecule has 0 atom stereocenters. The number of amidine groups is 1. The monoisotopic (exact) mass is 532 g/mol. The molecule has 2 aliphatic rings. The maximum absolute atomic E-state index is 13.3. The first-order chi connectivity index (χ1) is 18.5. The Hall–Kier alpha value is -3.95. The Morgan fingerprint density at radius 3 is 2.26 bits per heavy atom. The van der Waals surface area contributed by atoms with E-state index in [1.165, 1.54) is 6.20 Å². The van der Waals surface area contributed by atoms with Gasteiger partial charge in [-0.2, -0.15) is 0 Å². The van der Waals surface area contributed by atoms with E-state index in [0.717, 1.165) is 37.2 Å². The molecule has 196 valence electrons. The van der Waals surface area contributed by atoms with E-state index in [9.17, 15) is 9.59 Å². The standard InChI is InChI=1S/C28H29ClN6O3/c29-21-7-10-25(31-18-21)33-28(37)23-17-22(34-13-15-38-16-14-34)8-9-24(23)32-27(36)20-5-3-19(4-6-20)26(30)35-11-1-2-12-35/h3-10,17-18,30H,1-2,11-16H2,(H,32,36)(H,31,33,37). The summed E-state index contributed by atoms with van der Waals surface area (Å²) >= 11 is 5.92. The number of halogens is 1. The van der Waals surface area contributed by atoms with Gasteiger partial charge in [-0.05, 0) is 55.3 Å². The van der Waals surface area contributed by atoms with Crippen LogP contribution in [0.3, 0.4) is 0 Å². The van der Waals surface area contributed by atoms with E-state index in [4.69, 9.17) is 21.7 Å². The maximum atomic E-state index is 13.3. The molecule has 2 saturated heterocycles. The minimum Gasteiger partial charge on any atom is -0.378 e. The van der Waals surface area contributed by atoms with Crippen LogP contribution in [0.1, 0.15) is 39.1 Å². The molecule has 1 aromatic heterocycles. The molecule has 0 spiro atoms. The van der Waals surface area contributed by atoms with Gasteiger partial charge in [0, 0.05) is 49.2 Å². The lowest BCUT2D eigenvalue weighted by atomic mass is 10.1. The molecular formula is C28H29ClN6O3. The number of nitrogens with one attached hydrogen (secondary N) is 3. The summed E-state index contributed by atoms with van der Waals surface area (Å²) in [4.78, 5) is 34.8. The summed E-state index contributed by atoms with van der Waals surface area (Å²) in [7, 11) is 0. The van der Waals surface area contributed by atoms with Gasteiger partial charge in [0.25, 0.3) is 11.8 Å². The van der Waals surface area contributed by atoms with Crippen LogP contribution < -0.4 is 15.5 Å². The van der Waals surface area contributed by atoms with E-state index in [1.807, 2.05) is 11.0 Å². The van der Waals surface area contributed by atoms with E-state index >= 15 is 0 Å². The summed E-state index contributed by atoms with van der Waals surface area (Å²) in [6.45, 7) is 4.42. The molecule has 0 saturated carbocycles. The fourth-order valence-electron chi connectivity index (χ4n) is 4.58. The highest BCUT2D eigenvalue weighted by molar-refractivity contribution is 6.30. The number of carbonyl (C=O) groups is 2. The average Bonchev–Trinajstić information content (AvgIpc) is 3.50. The predicted octanol–water partition coefficient (Wildman–Crippen LogP) is 4.50. The Labute approximate surface area is 226 Å². The molecule has 38 heavy (non-hydrogen) atoms. The first-order valence-corrected chi connectivity index (χ1v) is 13.0. The minimum absolute atomic E-state index is 0.312.